The molecule has 0 radical (unpaired) electrons. The topological polar surface area (TPSA) is 66.6 Å². The third kappa shape index (κ3) is 2.89. The molecule has 1 unspecified atom stereocenters. The summed E-state index contributed by atoms with van der Waals surface area (Å²) >= 11 is 3.28. The van der Waals surface area contributed by atoms with Gasteiger partial charge in [-0.05, 0) is 11.4 Å². The number of hydrogen-bond donors (Lipinski definition) is 1. The van der Waals surface area contributed by atoms with Gasteiger partial charge in [0, 0.05) is 30.7 Å². The van der Waals surface area contributed by atoms with E-state index in [0.29, 0.717) is 12.3 Å². The van der Waals surface area contributed by atoms with Gasteiger partial charge >= 0.3 is 5.97 Å². The molecule has 106 valence electrons. The number of carbonyl (C=O) groups is 1. The second kappa shape index (κ2) is 5.99. The fourth-order valence-corrected chi connectivity index (χ4v) is 3.96. The third-order valence-corrected chi connectivity index (χ3v) is 5.12. The molecule has 2 aromatic rings. The van der Waals surface area contributed by atoms with Crippen LogP contribution in [0.3, 0.4) is 0 Å². The number of aromatic nitrogens is 1. The molecule has 1 aliphatic rings. The zero-order valence-corrected chi connectivity index (χ0v) is 12.3. The Labute approximate surface area is 124 Å². The highest BCUT2D eigenvalue weighted by Crippen LogP contribution is 2.26. The lowest BCUT2D eigenvalue weighted by Gasteiger charge is -2.31. The maximum absolute atomic E-state index is 11.2. The highest BCUT2D eigenvalue weighted by molar-refractivity contribution is 7.99. The molecule has 0 aliphatic carbocycles. The van der Waals surface area contributed by atoms with Crippen molar-refractivity contribution in [1.29, 1.82) is 0 Å². The lowest BCUT2D eigenvalue weighted by Crippen LogP contribution is -2.46. The van der Waals surface area contributed by atoms with Crippen molar-refractivity contribution in [2.45, 2.75) is 12.6 Å². The van der Waals surface area contributed by atoms with Crippen molar-refractivity contribution in [2.24, 2.45) is 0 Å². The molecular formula is C13H14N2O3S2. The molecule has 7 heteroatoms. The molecule has 0 amide bonds. The van der Waals surface area contributed by atoms with Crippen LogP contribution in [0.15, 0.2) is 28.1 Å². The fourth-order valence-electron chi connectivity index (χ4n) is 2.18. The van der Waals surface area contributed by atoms with E-state index < -0.39 is 12.0 Å². The summed E-state index contributed by atoms with van der Waals surface area (Å²) in [7, 11) is 0. The van der Waals surface area contributed by atoms with Crippen molar-refractivity contribution >= 4 is 29.1 Å². The van der Waals surface area contributed by atoms with Crippen LogP contribution in [0, 0.1) is 0 Å². The van der Waals surface area contributed by atoms with E-state index in [1.165, 1.54) is 0 Å². The van der Waals surface area contributed by atoms with Crippen LogP contribution in [0.5, 0.6) is 0 Å². The molecule has 1 N–H and O–H groups in total. The third-order valence-electron chi connectivity index (χ3n) is 3.21. The van der Waals surface area contributed by atoms with Gasteiger partial charge in [-0.1, -0.05) is 11.2 Å². The Hall–Kier alpha value is -1.31. The first kappa shape index (κ1) is 13.7. The van der Waals surface area contributed by atoms with E-state index in [-0.39, 0.29) is 0 Å². The summed E-state index contributed by atoms with van der Waals surface area (Å²) in [6, 6.07) is 5.40. The summed E-state index contributed by atoms with van der Waals surface area (Å²) in [6.45, 7) is 1.29. The Morgan fingerprint density at radius 2 is 2.50 bits per heavy atom. The predicted octanol–water partition coefficient (Wildman–Crippen LogP) is 2.41. The molecule has 2 aromatic heterocycles. The number of rotatable bonds is 4. The molecule has 1 fully saturated rings. The largest absolute Gasteiger partial charge is 0.480 e. The van der Waals surface area contributed by atoms with Gasteiger partial charge in [0.25, 0.3) is 0 Å². The van der Waals surface area contributed by atoms with Crippen LogP contribution in [0.2, 0.25) is 0 Å². The van der Waals surface area contributed by atoms with Crippen LogP contribution >= 0.6 is 23.1 Å². The molecule has 0 saturated carbocycles. The lowest BCUT2D eigenvalue weighted by atomic mass is 10.2. The van der Waals surface area contributed by atoms with E-state index in [9.17, 15) is 9.90 Å². The molecule has 0 bridgehead atoms. The van der Waals surface area contributed by atoms with Crippen LogP contribution in [-0.2, 0) is 11.3 Å². The quantitative estimate of drug-likeness (QED) is 0.935. The molecule has 1 saturated heterocycles. The molecule has 1 atom stereocenters. The predicted molar refractivity (Wildman–Crippen MR) is 79.0 cm³/mol. The van der Waals surface area contributed by atoms with E-state index in [1.54, 1.807) is 23.1 Å². The van der Waals surface area contributed by atoms with Gasteiger partial charge in [-0.3, -0.25) is 9.69 Å². The van der Waals surface area contributed by atoms with Crippen LogP contribution in [0.1, 0.15) is 5.69 Å². The molecule has 3 heterocycles. The highest BCUT2D eigenvalue weighted by Gasteiger charge is 2.29. The summed E-state index contributed by atoms with van der Waals surface area (Å²) in [6.07, 6.45) is 0. The van der Waals surface area contributed by atoms with Crippen molar-refractivity contribution in [3.05, 3.63) is 29.3 Å². The molecule has 3 rings (SSSR count). The van der Waals surface area contributed by atoms with E-state index in [1.807, 2.05) is 28.5 Å². The zero-order valence-electron chi connectivity index (χ0n) is 10.7. The van der Waals surface area contributed by atoms with Crippen LogP contribution < -0.4 is 0 Å². The second-order valence-electron chi connectivity index (χ2n) is 4.56. The first-order valence-electron chi connectivity index (χ1n) is 6.28. The van der Waals surface area contributed by atoms with Crippen LogP contribution in [-0.4, -0.2) is 45.2 Å². The molecule has 20 heavy (non-hydrogen) atoms. The van der Waals surface area contributed by atoms with Gasteiger partial charge in [-0.15, -0.1) is 11.3 Å². The minimum atomic E-state index is -0.765. The summed E-state index contributed by atoms with van der Waals surface area (Å²) in [5, 5.41) is 15.3. The van der Waals surface area contributed by atoms with Gasteiger partial charge in [0.1, 0.15) is 6.04 Å². The Morgan fingerprint density at radius 1 is 1.60 bits per heavy atom. The van der Waals surface area contributed by atoms with Gasteiger partial charge < -0.3 is 9.63 Å². The number of thioether (sulfide) groups is 1. The molecule has 0 spiro atoms. The Bertz CT molecular complexity index is 582. The van der Waals surface area contributed by atoms with Crippen molar-refractivity contribution in [3.8, 4) is 10.6 Å². The molecule has 1 aliphatic heterocycles. The summed E-state index contributed by atoms with van der Waals surface area (Å²) in [5.74, 6) is 1.57. The average Bonchev–Trinajstić information content (AvgIpc) is 3.09. The number of hydrogen-bond acceptors (Lipinski definition) is 6. The number of thiophene rings is 1. The highest BCUT2D eigenvalue weighted by atomic mass is 32.2. The van der Waals surface area contributed by atoms with Gasteiger partial charge in [-0.2, -0.15) is 11.8 Å². The Morgan fingerprint density at radius 3 is 3.25 bits per heavy atom. The molecule has 0 aromatic carbocycles. The monoisotopic (exact) mass is 310 g/mol. The van der Waals surface area contributed by atoms with E-state index in [2.05, 4.69) is 5.16 Å². The second-order valence-corrected chi connectivity index (χ2v) is 6.66. The van der Waals surface area contributed by atoms with Crippen LogP contribution in [0.25, 0.3) is 10.6 Å². The zero-order chi connectivity index (χ0) is 13.9. The standard InChI is InChI=1S/C13H14N2O3S2/c16-13(17)10-8-19-5-3-15(10)7-9-6-11(18-14-9)12-2-1-4-20-12/h1-2,4,6,10H,3,5,7-8H2,(H,16,17). The molecular weight excluding hydrogens is 296 g/mol. The van der Waals surface area contributed by atoms with Crippen molar-refractivity contribution in [3.63, 3.8) is 0 Å². The lowest BCUT2D eigenvalue weighted by molar-refractivity contribution is -0.142. The minimum absolute atomic E-state index is 0.435. The summed E-state index contributed by atoms with van der Waals surface area (Å²) < 4.78 is 5.33. The maximum Gasteiger partial charge on any atom is 0.321 e. The van der Waals surface area contributed by atoms with Gasteiger partial charge in [0.05, 0.1) is 10.6 Å². The number of carboxylic acid groups (broad SMARTS) is 1. The minimum Gasteiger partial charge on any atom is -0.480 e. The van der Waals surface area contributed by atoms with Crippen LogP contribution in [0.4, 0.5) is 0 Å². The van der Waals surface area contributed by atoms with Gasteiger partial charge in [0.2, 0.25) is 0 Å². The first-order chi connectivity index (χ1) is 9.74. The molecule has 5 nitrogen and oxygen atoms in total. The van der Waals surface area contributed by atoms with Gasteiger partial charge in [0.15, 0.2) is 5.76 Å². The van der Waals surface area contributed by atoms with Crippen molar-refractivity contribution in [1.82, 2.24) is 10.1 Å². The number of aliphatic carboxylic acids is 1. The van der Waals surface area contributed by atoms with Crippen molar-refractivity contribution < 1.29 is 14.4 Å². The summed E-state index contributed by atoms with van der Waals surface area (Å²) in [4.78, 5) is 14.2. The Balaban J connectivity index is 1.72. The first-order valence-corrected chi connectivity index (χ1v) is 8.31. The fraction of sp³-hybridized carbons (Fsp3) is 0.385. The van der Waals surface area contributed by atoms with E-state index >= 15 is 0 Å². The maximum atomic E-state index is 11.2. The summed E-state index contributed by atoms with van der Waals surface area (Å²) in [5.41, 5.74) is 0.784. The number of nitrogens with zero attached hydrogens (tertiary/aromatic N) is 2. The number of carboxylic acids is 1. The average molecular weight is 310 g/mol. The van der Waals surface area contributed by atoms with E-state index in [4.69, 9.17) is 4.52 Å². The Kier molecular flexibility index (Phi) is 4.09. The smallest absolute Gasteiger partial charge is 0.321 e. The van der Waals surface area contributed by atoms with E-state index in [0.717, 1.165) is 28.6 Å². The van der Waals surface area contributed by atoms with Gasteiger partial charge in [-0.25, -0.2) is 0 Å². The van der Waals surface area contributed by atoms with Crippen molar-refractivity contribution in [2.75, 3.05) is 18.1 Å². The normalized spacial score (nSPS) is 20.1. The SMILES string of the molecule is O=C(O)C1CSCCN1Cc1cc(-c2cccs2)on1.